The molecule has 1 amide bonds. The first-order valence-corrected chi connectivity index (χ1v) is 4.47. The van der Waals surface area contributed by atoms with Crippen molar-refractivity contribution in [2.24, 2.45) is 0 Å². The van der Waals surface area contributed by atoms with Gasteiger partial charge in [-0.3, -0.25) is 10.3 Å². The Balaban J connectivity index is 2.91. The number of aromatic nitrogens is 1. The number of carbonyl (C=O) groups excluding carboxylic acids is 1. The smallest absolute Gasteiger partial charge is 0.412 e. The average molecular weight is 240 g/mol. The van der Waals surface area contributed by atoms with E-state index in [4.69, 9.17) is 5.11 Å². The summed E-state index contributed by atoms with van der Waals surface area (Å²) < 4.78 is 17.7. The summed E-state index contributed by atoms with van der Waals surface area (Å²) in [4.78, 5) is 25.3. The second-order valence-electron chi connectivity index (χ2n) is 2.86. The van der Waals surface area contributed by atoms with Gasteiger partial charge in [-0.2, -0.15) is 0 Å². The summed E-state index contributed by atoms with van der Waals surface area (Å²) in [7, 11) is 0. The quantitative estimate of drug-likeness (QED) is 0.781. The molecule has 0 aliphatic rings. The highest BCUT2D eigenvalue weighted by molar-refractivity contribution is 5.98. The van der Waals surface area contributed by atoms with Crippen molar-refractivity contribution in [2.75, 3.05) is 11.9 Å². The Kier molecular flexibility index (Phi) is 4.15. The van der Waals surface area contributed by atoms with E-state index in [0.29, 0.717) is 0 Å². The molecule has 0 bridgehead atoms. The molecule has 0 radical (unpaired) electrons. The fourth-order valence-electron chi connectivity index (χ4n) is 1.03. The number of amides is 1. The van der Waals surface area contributed by atoms with E-state index in [1.165, 1.54) is 6.08 Å². The molecule has 0 aliphatic carbocycles. The largest absolute Gasteiger partial charge is 0.478 e. The standard InChI is InChI=1S/C10H9FN2O4/c1-2-3-17-10(16)13-7-5-12-4-6(11)8(7)9(14)15/h2,4-5H,1,3H2,(H,13,16)(H,14,15). The second kappa shape index (κ2) is 5.59. The number of nitrogens with one attached hydrogen (secondary N) is 1. The number of nitrogens with zero attached hydrogens (tertiary/aromatic N) is 1. The fraction of sp³-hybridized carbons (Fsp3) is 0.100. The van der Waals surface area contributed by atoms with Crippen LogP contribution in [0.1, 0.15) is 10.4 Å². The van der Waals surface area contributed by atoms with Gasteiger partial charge < -0.3 is 9.84 Å². The van der Waals surface area contributed by atoms with E-state index in [2.05, 4.69) is 21.6 Å². The molecule has 0 fully saturated rings. The number of carbonyl (C=O) groups is 2. The van der Waals surface area contributed by atoms with Crippen molar-refractivity contribution < 1.29 is 23.8 Å². The van der Waals surface area contributed by atoms with Crippen LogP contribution in [0.2, 0.25) is 0 Å². The van der Waals surface area contributed by atoms with Crippen LogP contribution in [0.25, 0.3) is 0 Å². The number of carboxylic acids is 1. The number of halogens is 1. The van der Waals surface area contributed by atoms with Gasteiger partial charge in [-0.1, -0.05) is 12.7 Å². The number of ether oxygens (including phenoxy) is 1. The Morgan fingerprint density at radius 1 is 1.59 bits per heavy atom. The van der Waals surface area contributed by atoms with Crippen LogP contribution in [-0.4, -0.2) is 28.8 Å². The van der Waals surface area contributed by atoms with Crippen LogP contribution in [-0.2, 0) is 4.74 Å². The van der Waals surface area contributed by atoms with Crippen molar-refractivity contribution in [1.29, 1.82) is 0 Å². The Labute approximate surface area is 95.7 Å². The lowest BCUT2D eigenvalue weighted by atomic mass is 10.2. The SMILES string of the molecule is C=CCOC(=O)Nc1cncc(F)c1C(=O)O. The molecule has 0 atom stereocenters. The lowest BCUT2D eigenvalue weighted by molar-refractivity contribution is 0.0693. The Hall–Kier alpha value is -2.44. The van der Waals surface area contributed by atoms with Gasteiger partial charge in [-0.05, 0) is 0 Å². The number of aromatic carboxylic acids is 1. The van der Waals surface area contributed by atoms with Gasteiger partial charge in [0.05, 0.1) is 18.1 Å². The molecule has 2 N–H and O–H groups in total. The molecule has 1 aromatic rings. The first-order valence-electron chi connectivity index (χ1n) is 4.47. The summed E-state index contributed by atoms with van der Waals surface area (Å²) in [5.74, 6) is -2.55. The summed E-state index contributed by atoms with van der Waals surface area (Å²) in [5, 5.41) is 10.8. The first-order chi connectivity index (χ1) is 8.06. The first kappa shape index (κ1) is 12.6. The average Bonchev–Trinajstić information content (AvgIpc) is 2.25. The van der Waals surface area contributed by atoms with Gasteiger partial charge in [0.1, 0.15) is 12.2 Å². The monoisotopic (exact) mass is 240 g/mol. The molecule has 7 heteroatoms. The molecule has 0 aliphatic heterocycles. The number of pyridine rings is 1. The van der Waals surface area contributed by atoms with E-state index < -0.39 is 23.4 Å². The van der Waals surface area contributed by atoms with Crippen LogP contribution in [0.5, 0.6) is 0 Å². The Bertz CT molecular complexity index is 462. The zero-order valence-electron chi connectivity index (χ0n) is 8.64. The lowest BCUT2D eigenvalue weighted by Gasteiger charge is -2.07. The molecule has 17 heavy (non-hydrogen) atoms. The summed E-state index contributed by atoms with van der Waals surface area (Å²) in [6, 6.07) is 0. The molecule has 90 valence electrons. The van der Waals surface area contributed by atoms with E-state index in [0.717, 1.165) is 12.4 Å². The third-order valence-corrected chi connectivity index (χ3v) is 1.68. The molecule has 0 aromatic carbocycles. The zero-order chi connectivity index (χ0) is 12.8. The topological polar surface area (TPSA) is 88.5 Å². The Morgan fingerprint density at radius 3 is 2.88 bits per heavy atom. The second-order valence-corrected chi connectivity index (χ2v) is 2.86. The molecule has 0 unspecified atom stereocenters. The maximum Gasteiger partial charge on any atom is 0.412 e. The number of rotatable bonds is 4. The van der Waals surface area contributed by atoms with E-state index in [1.54, 1.807) is 0 Å². The predicted molar refractivity (Wildman–Crippen MR) is 56.3 cm³/mol. The van der Waals surface area contributed by atoms with Crippen LogP contribution >= 0.6 is 0 Å². The van der Waals surface area contributed by atoms with Gasteiger partial charge in [-0.25, -0.2) is 14.0 Å². The molecule has 0 saturated carbocycles. The minimum atomic E-state index is -1.51. The molecular weight excluding hydrogens is 231 g/mol. The number of carboxylic acid groups (broad SMARTS) is 1. The normalized spacial score (nSPS) is 9.47. The van der Waals surface area contributed by atoms with Crippen molar-refractivity contribution in [1.82, 2.24) is 4.98 Å². The van der Waals surface area contributed by atoms with Crippen LogP contribution in [0.3, 0.4) is 0 Å². The van der Waals surface area contributed by atoms with E-state index in [-0.39, 0.29) is 12.3 Å². The van der Waals surface area contributed by atoms with Crippen molar-refractivity contribution in [2.45, 2.75) is 0 Å². The van der Waals surface area contributed by atoms with Crippen molar-refractivity contribution in [3.63, 3.8) is 0 Å². The van der Waals surface area contributed by atoms with E-state index >= 15 is 0 Å². The van der Waals surface area contributed by atoms with E-state index in [1.807, 2.05) is 0 Å². The molecule has 0 saturated heterocycles. The fourth-order valence-corrected chi connectivity index (χ4v) is 1.03. The highest BCUT2D eigenvalue weighted by Gasteiger charge is 2.18. The van der Waals surface area contributed by atoms with Crippen molar-refractivity contribution in [3.05, 3.63) is 36.4 Å². The highest BCUT2D eigenvalue weighted by Crippen LogP contribution is 2.17. The van der Waals surface area contributed by atoms with Crippen molar-refractivity contribution in [3.8, 4) is 0 Å². The van der Waals surface area contributed by atoms with Crippen molar-refractivity contribution >= 4 is 17.7 Å². The van der Waals surface area contributed by atoms with Crippen LogP contribution in [0.15, 0.2) is 25.0 Å². The number of hydrogen-bond donors (Lipinski definition) is 2. The molecule has 1 aromatic heterocycles. The minimum absolute atomic E-state index is 0.0447. The summed E-state index contributed by atoms with van der Waals surface area (Å²) in [6.45, 7) is 3.28. The maximum absolute atomic E-state index is 13.2. The minimum Gasteiger partial charge on any atom is -0.478 e. The summed E-state index contributed by atoms with van der Waals surface area (Å²) in [6.07, 6.45) is 2.17. The molecule has 0 spiro atoms. The number of anilines is 1. The van der Waals surface area contributed by atoms with Crippen LogP contribution in [0, 0.1) is 5.82 Å². The van der Waals surface area contributed by atoms with Gasteiger partial charge in [0.2, 0.25) is 0 Å². The molecule has 1 rings (SSSR count). The molecule has 6 nitrogen and oxygen atoms in total. The Morgan fingerprint density at radius 2 is 2.29 bits per heavy atom. The van der Waals surface area contributed by atoms with Gasteiger partial charge >= 0.3 is 12.1 Å². The van der Waals surface area contributed by atoms with Gasteiger partial charge in [0, 0.05) is 0 Å². The lowest BCUT2D eigenvalue weighted by Crippen LogP contribution is -2.17. The number of hydrogen-bond acceptors (Lipinski definition) is 4. The third kappa shape index (κ3) is 3.26. The summed E-state index contributed by atoms with van der Waals surface area (Å²) >= 11 is 0. The predicted octanol–water partition coefficient (Wildman–Crippen LogP) is 1.65. The zero-order valence-corrected chi connectivity index (χ0v) is 8.64. The third-order valence-electron chi connectivity index (χ3n) is 1.68. The molecular formula is C10H9FN2O4. The van der Waals surface area contributed by atoms with Gasteiger partial charge in [0.25, 0.3) is 0 Å². The van der Waals surface area contributed by atoms with Gasteiger partial charge in [-0.15, -0.1) is 0 Å². The highest BCUT2D eigenvalue weighted by atomic mass is 19.1. The molecule has 1 heterocycles. The van der Waals surface area contributed by atoms with Gasteiger partial charge in [0.15, 0.2) is 5.82 Å². The summed E-state index contributed by atoms with van der Waals surface area (Å²) in [5.41, 5.74) is -0.942. The van der Waals surface area contributed by atoms with E-state index in [9.17, 15) is 14.0 Å². The van der Waals surface area contributed by atoms with Crippen LogP contribution in [0.4, 0.5) is 14.9 Å². The van der Waals surface area contributed by atoms with Crippen LogP contribution < -0.4 is 5.32 Å². The maximum atomic E-state index is 13.2.